The van der Waals surface area contributed by atoms with Crippen molar-refractivity contribution in [3.8, 4) is 16.9 Å². The molecule has 0 atom stereocenters. The van der Waals surface area contributed by atoms with E-state index in [0.717, 1.165) is 10.9 Å². The number of para-hydroxylation sites is 1. The van der Waals surface area contributed by atoms with Crippen LogP contribution in [-0.4, -0.2) is 31.9 Å². The van der Waals surface area contributed by atoms with E-state index in [4.69, 9.17) is 18.3 Å². The van der Waals surface area contributed by atoms with Crippen molar-refractivity contribution < 1.29 is 18.3 Å². The summed E-state index contributed by atoms with van der Waals surface area (Å²) in [5, 5.41) is 1.44. The predicted octanol–water partition coefficient (Wildman–Crippen LogP) is 3.36. The van der Waals surface area contributed by atoms with E-state index in [2.05, 4.69) is 4.90 Å². The Morgan fingerprint density at radius 2 is 1.90 bits per heavy atom. The summed E-state index contributed by atoms with van der Waals surface area (Å²) >= 11 is 0. The number of ether oxygens (including phenoxy) is 2. The molecule has 5 rings (SSSR count). The first kappa shape index (κ1) is 18.6. The minimum absolute atomic E-state index is 0.319. The monoisotopic (exact) mass is 405 g/mol. The molecule has 0 unspecified atom stereocenters. The van der Waals surface area contributed by atoms with Crippen LogP contribution in [0.1, 0.15) is 5.56 Å². The molecule has 0 aliphatic carbocycles. The maximum Gasteiger partial charge on any atom is 0.344 e. The first-order valence-electron chi connectivity index (χ1n) is 9.61. The molecular formula is C23H19NO6. The van der Waals surface area contributed by atoms with Crippen LogP contribution in [0.25, 0.3) is 33.1 Å². The quantitative estimate of drug-likeness (QED) is 0.482. The van der Waals surface area contributed by atoms with Crippen molar-refractivity contribution in [3.05, 3.63) is 74.9 Å². The molecule has 152 valence electrons. The molecule has 0 spiro atoms. The zero-order valence-electron chi connectivity index (χ0n) is 16.3. The Morgan fingerprint density at radius 1 is 1.03 bits per heavy atom. The molecule has 3 heterocycles. The predicted molar refractivity (Wildman–Crippen MR) is 112 cm³/mol. The van der Waals surface area contributed by atoms with Gasteiger partial charge in [0.05, 0.1) is 17.7 Å². The van der Waals surface area contributed by atoms with E-state index >= 15 is 0 Å². The zero-order valence-corrected chi connectivity index (χ0v) is 16.3. The van der Waals surface area contributed by atoms with Crippen LogP contribution >= 0.6 is 0 Å². The Balaban J connectivity index is 1.71. The largest absolute Gasteiger partial charge is 0.478 e. The average Bonchev–Trinajstić information content (AvgIpc) is 2.76. The van der Waals surface area contributed by atoms with E-state index < -0.39 is 11.3 Å². The number of rotatable bonds is 4. The Kier molecular flexibility index (Phi) is 4.61. The van der Waals surface area contributed by atoms with Gasteiger partial charge in [-0.15, -0.1) is 0 Å². The van der Waals surface area contributed by atoms with Crippen LogP contribution in [-0.2, 0) is 11.3 Å². The lowest BCUT2D eigenvalue weighted by Gasteiger charge is -2.29. The van der Waals surface area contributed by atoms with Crippen LogP contribution in [0.4, 0.5) is 0 Å². The highest BCUT2D eigenvalue weighted by Gasteiger charge is 2.23. The van der Waals surface area contributed by atoms with Crippen molar-refractivity contribution in [1.29, 1.82) is 0 Å². The molecular weight excluding hydrogens is 386 g/mol. The third-order valence-electron chi connectivity index (χ3n) is 5.30. The van der Waals surface area contributed by atoms with E-state index in [9.17, 15) is 9.59 Å². The molecule has 30 heavy (non-hydrogen) atoms. The van der Waals surface area contributed by atoms with E-state index in [1.54, 1.807) is 25.3 Å². The Morgan fingerprint density at radius 3 is 2.77 bits per heavy atom. The van der Waals surface area contributed by atoms with Gasteiger partial charge in [-0.25, -0.2) is 9.59 Å². The maximum atomic E-state index is 12.7. The number of hydrogen-bond donors (Lipinski definition) is 0. The Labute approximate surface area is 171 Å². The number of fused-ring (bicyclic) bond motifs is 4. The first-order valence-corrected chi connectivity index (χ1v) is 9.61. The summed E-state index contributed by atoms with van der Waals surface area (Å²) in [7, 11) is 1.65. The van der Waals surface area contributed by atoms with Crippen LogP contribution in [0.3, 0.4) is 0 Å². The topological polar surface area (TPSA) is 82.1 Å². The maximum absolute atomic E-state index is 12.7. The molecule has 7 nitrogen and oxygen atoms in total. The highest BCUT2D eigenvalue weighted by atomic mass is 16.5. The van der Waals surface area contributed by atoms with E-state index in [-0.39, 0.29) is 0 Å². The Bertz CT molecular complexity index is 1370. The van der Waals surface area contributed by atoms with Gasteiger partial charge in [0.15, 0.2) is 0 Å². The minimum atomic E-state index is -0.535. The van der Waals surface area contributed by atoms with Crippen LogP contribution in [0.2, 0.25) is 0 Å². The standard InChI is InChI=1S/C23H19NO6/c1-27-9-8-24-12-18-20(28-13-24)7-6-15-16(11-21(25)30-22(15)18)17-10-14-4-2-3-5-19(14)29-23(17)26/h2-7,10-11H,8-9,12-13H2,1H3. The SMILES string of the molecule is COCCN1COc2ccc3c(-c4cc5ccccc5oc4=O)cc(=O)oc3c2C1. The van der Waals surface area contributed by atoms with Crippen LogP contribution in [0.5, 0.6) is 5.75 Å². The molecule has 0 bridgehead atoms. The van der Waals surface area contributed by atoms with E-state index in [0.29, 0.717) is 59.9 Å². The van der Waals surface area contributed by atoms with Gasteiger partial charge in [0.25, 0.3) is 0 Å². The van der Waals surface area contributed by atoms with Gasteiger partial charge in [-0.3, -0.25) is 4.90 Å². The summed E-state index contributed by atoms with van der Waals surface area (Å²) in [6.07, 6.45) is 0. The van der Waals surface area contributed by atoms with Crippen LogP contribution < -0.4 is 16.0 Å². The summed E-state index contributed by atoms with van der Waals surface area (Å²) in [6, 6.07) is 14.0. The van der Waals surface area contributed by atoms with E-state index in [1.807, 2.05) is 24.3 Å². The second-order valence-electron chi connectivity index (χ2n) is 7.20. The minimum Gasteiger partial charge on any atom is -0.478 e. The van der Waals surface area contributed by atoms with Gasteiger partial charge in [-0.1, -0.05) is 18.2 Å². The fourth-order valence-electron chi connectivity index (χ4n) is 3.82. The second-order valence-corrected chi connectivity index (χ2v) is 7.20. The molecule has 1 aliphatic heterocycles. The lowest BCUT2D eigenvalue weighted by Crippen LogP contribution is -2.34. The molecule has 0 amide bonds. The van der Waals surface area contributed by atoms with E-state index in [1.165, 1.54) is 6.07 Å². The summed E-state index contributed by atoms with van der Waals surface area (Å²) in [4.78, 5) is 27.2. The van der Waals surface area contributed by atoms with Crippen molar-refractivity contribution in [2.75, 3.05) is 27.0 Å². The summed E-state index contributed by atoms with van der Waals surface area (Å²) < 4.78 is 22.0. The molecule has 4 aromatic rings. The molecule has 0 saturated heterocycles. The van der Waals surface area contributed by atoms with Gasteiger partial charge >= 0.3 is 11.3 Å². The lowest BCUT2D eigenvalue weighted by molar-refractivity contribution is 0.0658. The van der Waals surface area contributed by atoms with Crippen LogP contribution in [0, 0.1) is 0 Å². The Hall–Kier alpha value is -3.42. The molecule has 7 heteroatoms. The molecule has 2 aromatic heterocycles. The molecule has 2 aromatic carbocycles. The summed E-state index contributed by atoms with van der Waals surface area (Å²) in [5.41, 5.74) is 1.46. The normalized spacial score (nSPS) is 14.0. The molecule has 0 radical (unpaired) electrons. The van der Waals surface area contributed by atoms with Gasteiger partial charge < -0.3 is 18.3 Å². The first-order chi connectivity index (χ1) is 14.6. The smallest absolute Gasteiger partial charge is 0.344 e. The van der Waals surface area contributed by atoms with Gasteiger partial charge in [0.2, 0.25) is 0 Å². The molecule has 1 aliphatic rings. The zero-order chi connectivity index (χ0) is 20.7. The van der Waals surface area contributed by atoms with Gasteiger partial charge in [0, 0.05) is 42.6 Å². The van der Waals surface area contributed by atoms with Crippen molar-refractivity contribution in [2.24, 2.45) is 0 Å². The third kappa shape index (κ3) is 3.18. The van der Waals surface area contributed by atoms with Gasteiger partial charge in [-0.05, 0) is 24.3 Å². The number of nitrogens with zero attached hydrogens (tertiary/aromatic N) is 1. The van der Waals surface area contributed by atoms with Gasteiger partial charge in [-0.2, -0.15) is 0 Å². The van der Waals surface area contributed by atoms with Crippen LogP contribution in [0.15, 0.2) is 67.0 Å². The van der Waals surface area contributed by atoms with Crippen molar-refractivity contribution in [3.63, 3.8) is 0 Å². The lowest BCUT2D eigenvalue weighted by atomic mass is 9.99. The molecule has 0 fully saturated rings. The van der Waals surface area contributed by atoms with Crippen molar-refractivity contribution in [2.45, 2.75) is 6.54 Å². The number of benzene rings is 2. The third-order valence-corrected chi connectivity index (χ3v) is 5.30. The average molecular weight is 405 g/mol. The molecule has 0 saturated carbocycles. The highest BCUT2D eigenvalue weighted by molar-refractivity contribution is 5.97. The highest BCUT2D eigenvalue weighted by Crippen LogP contribution is 2.35. The summed E-state index contributed by atoms with van der Waals surface area (Å²) in [6.45, 7) is 2.23. The number of methoxy groups -OCH3 is 1. The van der Waals surface area contributed by atoms with Crippen molar-refractivity contribution in [1.82, 2.24) is 4.90 Å². The fraction of sp³-hybridized carbons (Fsp3) is 0.217. The van der Waals surface area contributed by atoms with Crippen molar-refractivity contribution >= 4 is 21.9 Å². The number of hydrogen-bond acceptors (Lipinski definition) is 7. The summed E-state index contributed by atoms with van der Waals surface area (Å²) in [5.74, 6) is 0.669. The second kappa shape index (κ2) is 7.44. The molecule has 0 N–H and O–H groups in total. The fourth-order valence-corrected chi connectivity index (χ4v) is 3.82. The van der Waals surface area contributed by atoms with Gasteiger partial charge in [0.1, 0.15) is 23.6 Å².